The van der Waals surface area contributed by atoms with Crippen molar-refractivity contribution in [1.82, 2.24) is 10.2 Å². The molecule has 1 aliphatic carbocycles. The molecule has 8 nitrogen and oxygen atoms in total. The van der Waals surface area contributed by atoms with Crippen LogP contribution in [0.2, 0.25) is 0 Å². The van der Waals surface area contributed by atoms with E-state index in [9.17, 15) is 19.2 Å². The Bertz CT molecular complexity index is 1050. The van der Waals surface area contributed by atoms with E-state index in [1.165, 1.54) is 13.2 Å². The van der Waals surface area contributed by atoms with Gasteiger partial charge in [-0.3, -0.25) is 14.5 Å². The van der Waals surface area contributed by atoms with E-state index >= 15 is 0 Å². The SMILES string of the molecule is COC(=O)c1ccccc1NC(=O)CN1C(=O)N[C@]2(CCCc3ccccc32)C1=O. The van der Waals surface area contributed by atoms with Crippen molar-refractivity contribution in [3.05, 3.63) is 65.2 Å². The van der Waals surface area contributed by atoms with Gasteiger partial charge in [0.1, 0.15) is 12.1 Å². The Morgan fingerprint density at radius 2 is 1.87 bits per heavy atom. The van der Waals surface area contributed by atoms with E-state index in [0.29, 0.717) is 6.42 Å². The van der Waals surface area contributed by atoms with Gasteiger partial charge in [0.25, 0.3) is 5.91 Å². The van der Waals surface area contributed by atoms with Crippen LogP contribution in [0.15, 0.2) is 48.5 Å². The van der Waals surface area contributed by atoms with E-state index in [1.807, 2.05) is 24.3 Å². The second-order valence-electron chi connectivity index (χ2n) is 7.32. The zero-order valence-electron chi connectivity index (χ0n) is 16.4. The predicted molar refractivity (Wildman–Crippen MR) is 108 cm³/mol. The Morgan fingerprint density at radius 1 is 1.13 bits per heavy atom. The van der Waals surface area contributed by atoms with Gasteiger partial charge in [0.15, 0.2) is 0 Å². The molecule has 0 saturated carbocycles. The topological polar surface area (TPSA) is 105 Å². The Morgan fingerprint density at radius 3 is 2.67 bits per heavy atom. The van der Waals surface area contributed by atoms with Gasteiger partial charge in [0.2, 0.25) is 5.91 Å². The molecule has 1 atom stereocenters. The van der Waals surface area contributed by atoms with Crippen molar-refractivity contribution in [2.24, 2.45) is 0 Å². The van der Waals surface area contributed by atoms with Gasteiger partial charge in [-0.1, -0.05) is 36.4 Å². The van der Waals surface area contributed by atoms with Crippen molar-refractivity contribution in [2.75, 3.05) is 19.0 Å². The first-order valence-corrected chi connectivity index (χ1v) is 9.66. The lowest BCUT2D eigenvalue weighted by molar-refractivity contribution is -0.134. The molecule has 30 heavy (non-hydrogen) atoms. The molecule has 2 aromatic rings. The van der Waals surface area contributed by atoms with Crippen molar-refractivity contribution < 1.29 is 23.9 Å². The number of hydrogen-bond donors (Lipinski definition) is 2. The maximum atomic E-state index is 13.3. The predicted octanol–water partition coefficient (Wildman–Crippen LogP) is 2.20. The van der Waals surface area contributed by atoms with Gasteiger partial charge in [0.05, 0.1) is 18.4 Å². The number of benzene rings is 2. The van der Waals surface area contributed by atoms with Gasteiger partial charge in [-0.25, -0.2) is 9.59 Å². The molecule has 4 rings (SSSR count). The van der Waals surface area contributed by atoms with Gasteiger partial charge >= 0.3 is 12.0 Å². The molecular weight excluding hydrogens is 386 g/mol. The summed E-state index contributed by atoms with van der Waals surface area (Å²) in [7, 11) is 1.25. The van der Waals surface area contributed by atoms with Crippen LogP contribution in [0.4, 0.5) is 10.5 Å². The summed E-state index contributed by atoms with van der Waals surface area (Å²) >= 11 is 0. The zero-order chi connectivity index (χ0) is 21.3. The monoisotopic (exact) mass is 407 g/mol. The molecule has 4 amide bonds. The number of imide groups is 1. The number of amides is 4. The molecule has 2 aliphatic rings. The number of esters is 1. The van der Waals surface area contributed by atoms with E-state index in [0.717, 1.165) is 28.9 Å². The molecule has 2 N–H and O–H groups in total. The maximum Gasteiger partial charge on any atom is 0.339 e. The number of rotatable bonds is 4. The quantitative estimate of drug-likeness (QED) is 0.597. The summed E-state index contributed by atoms with van der Waals surface area (Å²) < 4.78 is 4.72. The molecule has 1 saturated heterocycles. The molecule has 0 unspecified atom stereocenters. The van der Waals surface area contributed by atoms with Crippen LogP contribution < -0.4 is 10.6 Å². The Kier molecular flexibility index (Phi) is 4.99. The molecule has 0 bridgehead atoms. The summed E-state index contributed by atoms with van der Waals surface area (Å²) in [6.45, 7) is -0.454. The molecule has 0 radical (unpaired) electrons. The van der Waals surface area contributed by atoms with Crippen molar-refractivity contribution in [1.29, 1.82) is 0 Å². The van der Waals surface area contributed by atoms with Crippen LogP contribution in [0.1, 0.15) is 34.3 Å². The van der Waals surface area contributed by atoms with Crippen LogP contribution >= 0.6 is 0 Å². The van der Waals surface area contributed by atoms with Crippen LogP contribution in [0.3, 0.4) is 0 Å². The summed E-state index contributed by atoms with van der Waals surface area (Å²) in [6, 6.07) is 13.3. The Hall–Kier alpha value is -3.68. The summed E-state index contributed by atoms with van der Waals surface area (Å²) in [5.74, 6) is -1.62. The zero-order valence-corrected chi connectivity index (χ0v) is 16.4. The molecule has 8 heteroatoms. The molecule has 1 fully saturated rings. The third-order valence-electron chi connectivity index (χ3n) is 5.56. The van der Waals surface area contributed by atoms with E-state index in [1.54, 1.807) is 18.2 Å². The van der Waals surface area contributed by atoms with E-state index in [2.05, 4.69) is 10.6 Å². The summed E-state index contributed by atoms with van der Waals surface area (Å²) in [5, 5.41) is 5.41. The first-order valence-electron chi connectivity index (χ1n) is 9.66. The van der Waals surface area contributed by atoms with Crippen molar-refractivity contribution in [3.63, 3.8) is 0 Å². The smallest absolute Gasteiger partial charge is 0.339 e. The fourth-order valence-corrected chi connectivity index (χ4v) is 4.17. The number of nitrogens with one attached hydrogen (secondary N) is 2. The van der Waals surface area contributed by atoms with Gasteiger partial charge in [-0.15, -0.1) is 0 Å². The largest absolute Gasteiger partial charge is 0.465 e. The number of anilines is 1. The second-order valence-corrected chi connectivity index (χ2v) is 7.32. The third-order valence-corrected chi connectivity index (χ3v) is 5.56. The van der Waals surface area contributed by atoms with Crippen LogP contribution in [0, 0.1) is 0 Å². The number of para-hydroxylation sites is 1. The van der Waals surface area contributed by atoms with Crippen molar-refractivity contribution >= 4 is 29.5 Å². The highest BCUT2D eigenvalue weighted by Gasteiger charge is 2.54. The first kappa shape index (κ1) is 19.6. The standard InChI is InChI=1S/C22H21N3O5/c1-30-19(27)15-9-3-5-11-17(15)23-18(26)13-25-20(28)22(24-21(25)29)12-6-8-14-7-2-4-10-16(14)22/h2-5,7,9-11H,6,8,12-13H2,1H3,(H,23,26)(H,24,29)/t22-/m0/s1. The Balaban J connectivity index is 1.55. The number of aryl methyl sites for hydroxylation is 1. The number of urea groups is 1. The number of methoxy groups -OCH3 is 1. The van der Waals surface area contributed by atoms with Crippen molar-refractivity contribution in [2.45, 2.75) is 24.8 Å². The first-order chi connectivity index (χ1) is 14.5. The number of nitrogens with zero attached hydrogens (tertiary/aromatic N) is 1. The molecule has 1 spiro atoms. The van der Waals surface area contributed by atoms with Gasteiger partial charge in [-0.2, -0.15) is 0 Å². The number of carbonyl (C=O) groups excluding carboxylic acids is 4. The average Bonchev–Trinajstić information content (AvgIpc) is 2.98. The van der Waals surface area contributed by atoms with Crippen LogP contribution in [0.25, 0.3) is 0 Å². The minimum Gasteiger partial charge on any atom is -0.465 e. The van der Waals surface area contributed by atoms with E-state index in [4.69, 9.17) is 4.74 Å². The van der Waals surface area contributed by atoms with Crippen LogP contribution in [0.5, 0.6) is 0 Å². The van der Waals surface area contributed by atoms with Crippen LogP contribution in [-0.4, -0.2) is 42.4 Å². The van der Waals surface area contributed by atoms with Gasteiger partial charge in [-0.05, 0) is 42.5 Å². The lowest BCUT2D eigenvalue weighted by Gasteiger charge is -2.33. The van der Waals surface area contributed by atoms with E-state index in [-0.39, 0.29) is 11.3 Å². The number of fused-ring (bicyclic) bond motifs is 2. The van der Waals surface area contributed by atoms with E-state index < -0.39 is 35.9 Å². The highest BCUT2D eigenvalue weighted by molar-refractivity contribution is 6.11. The third kappa shape index (κ3) is 3.20. The molecule has 1 aliphatic heterocycles. The molecule has 1 heterocycles. The number of carbonyl (C=O) groups is 4. The molecule has 154 valence electrons. The normalized spacial score (nSPS) is 20.0. The van der Waals surface area contributed by atoms with Crippen molar-refractivity contribution in [3.8, 4) is 0 Å². The van der Waals surface area contributed by atoms with Crippen LogP contribution in [-0.2, 0) is 26.3 Å². The lowest BCUT2D eigenvalue weighted by Crippen LogP contribution is -2.47. The van der Waals surface area contributed by atoms with Gasteiger partial charge in [0, 0.05) is 0 Å². The van der Waals surface area contributed by atoms with Gasteiger partial charge < -0.3 is 15.4 Å². The highest BCUT2D eigenvalue weighted by atomic mass is 16.5. The fourth-order valence-electron chi connectivity index (χ4n) is 4.17. The fraction of sp³-hybridized carbons (Fsp3) is 0.273. The number of ether oxygens (including phenoxy) is 1. The summed E-state index contributed by atoms with van der Waals surface area (Å²) in [6.07, 6.45) is 2.08. The lowest BCUT2D eigenvalue weighted by atomic mass is 9.76. The highest BCUT2D eigenvalue weighted by Crippen LogP contribution is 2.39. The molecular formula is C22H21N3O5. The Labute approximate surface area is 173 Å². The average molecular weight is 407 g/mol. The molecule has 2 aromatic carbocycles. The maximum absolute atomic E-state index is 13.3. The second kappa shape index (κ2) is 7.62. The molecule has 0 aromatic heterocycles. The minimum absolute atomic E-state index is 0.184. The summed E-state index contributed by atoms with van der Waals surface area (Å²) in [5.41, 5.74) is 1.11. The minimum atomic E-state index is -1.13. The number of hydrogen-bond acceptors (Lipinski definition) is 5. The summed E-state index contributed by atoms with van der Waals surface area (Å²) in [4.78, 5) is 51.3.